The maximum absolute atomic E-state index is 11.5. The zero-order chi connectivity index (χ0) is 25.9. The number of fused-ring (bicyclic) bond motifs is 1. The fourth-order valence-electron chi connectivity index (χ4n) is 3.07. The number of aliphatic hydroxyl groups excluding tert-OH is 1. The van der Waals surface area contributed by atoms with Crippen molar-refractivity contribution in [2.45, 2.75) is 74.7 Å². The van der Waals surface area contributed by atoms with Crippen LogP contribution in [0, 0.1) is 23.8 Å². The summed E-state index contributed by atoms with van der Waals surface area (Å²) >= 11 is 0. The minimum Gasteiger partial charge on any atom is -0.512 e. The van der Waals surface area contributed by atoms with Crippen LogP contribution in [0.2, 0.25) is 0 Å². The summed E-state index contributed by atoms with van der Waals surface area (Å²) in [6.45, 7) is 19.9. The zero-order valence-corrected chi connectivity index (χ0v) is 25.2. The number of hydrogen-bond acceptors (Lipinski definition) is 3. The first-order valence-electron chi connectivity index (χ1n) is 11.8. The van der Waals surface area contributed by atoms with Crippen molar-refractivity contribution in [1.29, 1.82) is 0 Å². The van der Waals surface area contributed by atoms with E-state index in [1.807, 2.05) is 53.8 Å². The molecule has 1 heterocycles. The first kappa shape index (κ1) is 30.7. The largest absolute Gasteiger partial charge is 0.512 e. The molecule has 0 saturated carbocycles. The van der Waals surface area contributed by atoms with Crippen LogP contribution in [0.15, 0.2) is 60.5 Å². The molecule has 0 atom stereocenters. The van der Waals surface area contributed by atoms with E-state index in [4.69, 9.17) is 0 Å². The summed E-state index contributed by atoms with van der Waals surface area (Å²) in [5.74, 6) is 0.104. The van der Waals surface area contributed by atoms with Crippen LogP contribution >= 0.6 is 0 Å². The molecule has 0 saturated heterocycles. The van der Waals surface area contributed by atoms with Gasteiger partial charge in [0.25, 0.3) is 0 Å². The first-order valence-corrected chi connectivity index (χ1v) is 11.8. The molecule has 0 fully saturated rings. The molecule has 4 heteroatoms. The zero-order valence-electron chi connectivity index (χ0n) is 22.8. The Morgan fingerprint density at radius 1 is 0.886 bits per heavy atom. The van der Waals surface area contributed by atoms with E-state index in [0.29, 0.717) is 0 Å². The second-order valence-corrected chi connectivity index (χ2v) is 12.0. The Morgan fingerprint density at radius 2 is 1.46 bits per heavy atom. The van der Waals surface area contributed by atoms with Gasteiger partial charge in [0, 0.05) is 43.2 Å². The molecule has 1 aromatic heterocycles. The van der Waals surface area contributed by atoms with Gasteiger partial charge in [0.1, 0.15) is 5.76 Å². The van der Waals surface area contributed by atoms with Gasteiger partial charge < -0.3 is 10.1 Å². The van der Waals surface area contributed by atoms with Gasteiger partial charge >= 0.3 is 0 Å². The molecule has 0 spiro atoms. The van der Waals surface area contributed by atoms with Gasteiger partial charge in [-0.1, -0.05) is 99.6 Å². The Bertz CT molecular complexity index is 1190. The predicted octanol–water partition coefficient (Wildman–Crippen LogP) is 8.40. The Morgan fingerprint density at radius 3 is 1.97 bits per heavy atom. The number of aliphatic hydroxyl groups is 1. The van der Waals surface area contributed by atoms with Crippen molar-refractivity contribution in [2.24, 2.45) is 10.8 Å². The molecule has 0 bridgehead atoms. The van der Waals surface area contributed by atoms with Crippen molar-refractivity contribution in [3.8, 4) is 11.3 Å². The predicted molar refractivity (Wildman–Crippen MR) is 144 cm³/mol. The normalized spacial score (nSPS) is 12.5. The summed E-state index contributed by atoms with van der Waals surface area (Å²) in [6, 6.07) is 18.3. The van der Waals surface area contributed by atoms with Gasteiger partial charge in [0.2, 0.25) is 0 Å². The van der Waals surface area contributed by atoms with Gasteiger partial charge in [0.15, 0.2) is 5.78 Å². The van der Waals surface area contributed by atoms with Crippen LogP contribution in [-0.2, 0) is 30.3 Å². The molecule has 3 aromatic rings. The molecule has 3 nitrogen and oxygen atoms in total. The van der Waals surface area contributed by atoms with Crippen molar-refractivity contribution in [3.05, 3.63) is 77.7 Å². The monoisotopic (exact) mass is 651 g/mol. The summed E-state index contributed by atoms with van der Waals surface area (Å²) in [7, 11) is 0. The molecule has 0 unspecified atom stereocenters. The van der Waals surface area contributed by atoms with E-state index >= 15 is 0 Å². The van der Waals surface area contributed by atoms with E-state index in [-0.39, 0.29) is 42.5 Å². The average molecular weight is 651 g/mol. The van der Waals surface area contributed by atoms with Crippen LogP contribution in [0.1, 0.15) is 73.4 Å². The summed E-state index contributed by atoms with van der Waals surface area (Å²) in [5, 5.41) is 11.9. The van der Waals surface area contributed by atoms with E-state index in [1.165, 1.54) is 22.4 Å². The van der Waals surface area contributed by atoms with Gasteiger partial charge in [-0.25, -0.2) is 0 Å². The minimum absolute atomic E-state index is 0. The maximum Gasteiger partial charge on any atom is 0.164 e. The number of rotatable bonds is 2. The van der Waals surface area contributed by atoms with Crippen molar-refractivity contribution < 1.29 is 30.0 Å². The van der Waals surface area contributed by atoms with Gasteiger partial charge in [-0.15, -0.1) is 34.9 Å². The number of aryl methyl sites for hydroxylation is 1. The molecule has 0 aliphatic heterocycles. The summed E-state index contributed by atoms with van der Waals surface area (Å²) in [6.07, 6.45) is 3.28. The molecule has 2 aromatic carbocycles. The summed E-state index contributed by atoms with van der Waals surface area (Å²) in [4.78, 5) is 16.1. The van der Waals surface area contributed by atoms with E-state index in [0.717, 1.165) is 16.8 Å². The second-order valence-electron chi connectivity index (χ2n) is 12.0. The van der Waals surface area contributed by atoms with Gasteiger partial charge in [-0.2, -0.15) is 0 Å². The standard InChI is InChI=1S/C20H20N.C11H20O2.Ir/c1-14-9-17(11-18(10-14)20(2,3)4)19-12-15-7-5-6-8-16(15)13-21-19;1-10(2,3)8(12)7-9(13)11(4,5)6;/h5-8,10-13H,1-4H3;7,12H,1-6H3;/q-1;;/b;8-7-;. The smallest absolute Gasteiger partial charge is 0.164 e. The third-order valence-electron chi connectivity index (χ3n) is 5.55. The van der Waals surface area contributed by atoms with Crippen LogP contribution < -0.4 is 0 Å². The SMILES string of the molecule is CC(C)(C)C(=O)/C=C(\O)C(C)(C)C.Cc1[c-]c(-c2cc3ccccc3cn2)cc(C(C)(C)C)c1.[Ir]. The second kappa shape index (κ2) is 11.6. The fraction of sp³-hybridized carbons (Fsp3) is 0.419. The van der Waals surface area contributed by atoms with Crippen LogP contribution in [0.3, 0.4) is 0 Å². The van der Waals surface area contributed by atoms with E-state index in [2.05, 4.69) is 75.1 Å². The first-order chi connectivity index (χ1) is 15.5. The maximum atomic E-state index is 11.5. The molecule has 0 aliphatic carbocycles. The number of ketones is 1. The third kappa shape index (κ3) is 9.02. The molecule has 3 rings (SSSR count). The Labute approximate surface area is 225 Å². The number of aromatic nitrogens is 1. The van der Waals surface area contributed by atoms with Crippen LogP contribution in [0.25, 0.3) is 22.0 Å². The summed E-state index contributed by atoms with van der Waals surface area (Å²) < 4.78 is 0. The van der Waals surface area contributed by atoms with Crippen LogP contribution in [0.5, 0.6) is 0 Å². The number of carbonyl (C=O) groups excluding carboxylic acids is 1. The Balaban J connectivity index is 0.000000383. The van der Waals surface area contributed by atoms with Crippen molar-refractivity contribution >= 4 is 16.6 Å². The van der Waals surface area contributed by atoms with Crippen LogP contribution in [0.4, 0.5) is 0 Å². The van der Waals surface area contributed by atoms with Crippen molar-refractivity contribution in [2.75, 3.05) is 0 Å². The fourth-order valence-corrected chi connectivity index (χ4v) is 3.07. The quantitative estimate of drug-likeness (QED) is 0.172. The van der Waals surface area contributed by atoms with E-state index in [9.17, 15) is 9.90 Å². The summed E-state index contributed by atoms with van der Waals surface area (Å²) in [5.41, 5.74) is 3.91. The van der Waals surface area contributed by atoms with E-state index in [1.54, 1.807) is 0 Å². The minimum atomic E-state index is -0.417. The van der Waals surface area contributed by atoms with Gasteiger partial charge in [-0.3, -0.25) is 4.79 Å². The number of pyridine rings is 1. The molecular weight excluding hydrogens is 611 g/mol. The van der Waals surface area contributed by atoms with Crippen molar-refractivity contribution in [3.63, 3.8) is 0 Å². The van der Waals surface area contributed by atoms with Crippen molar-refractivity contribution in [1.82, 2.24) is 4.98 Å². The van der Waals surface area contributed by atoms with Crippen LogP contribution in [-0.4, -0.2) is 15.9 Å². The number of carbonyl (C=O) groups is 1. The van der Waals surface area contributed by atoms with Gasteiger partial charge in [-0.05, 0) is 21.9 Å². The van der Waals surface area contributed by atoms with E-state index < -0.39 is 5.41 Å². The Kier molecular flexibility index (Phi) is 10.2. The molecule has 1 N–H and O–H groups in total. The number of allylic oxidation sites excluding steroid dienone is 2. The molecule has 1 radical (unpaired) electrons. The molecular formula is C31H40IrNO2-. The molecule has 191 valence electrons. The molecule has 0 aliphatic rings. The molecule has 35 heavy (non-hydrogen) atoms. The number of benzene rings is 2. The molecule has 0 amide bonds. The number of hydrogen-bond donors (Lipinski definition) is 1. The average Bonchev–Trinajstić information content (AvgIpc) is 2.71. The third-order valence-corrected chi connectivity index (χ3v) is 5.55. The number of nitrogens with zero attached hydrogens (tertiary/aromatic N) is 1. The topological polar surface area (TPSA) is 50.2 Å². The van der Waals surface area contributed by atoms with Gasteiger partial charge in [0.05, 0.1) is 0 Å². The Hall–Kier alpha value is -2.29.